The number of para-hydroxylation sites is 1. The average molecular weight is 428 g/mol. The van der Waals surface area contributed by atoms with Crippen LogP contribution in [0.3, 0.4) is 0 Å². The van der Waals surface area contributed by atoms with Crippen LogP contribution in [0.1, 0.15) is 11.1 Å². The van der Waals surface area contributed by atoms with Crippen LogP contribution in [0.4, 0.5) is 4.79 Å². The maximum atomic E-state index is 12.9. The summed E-state index contributed by atoms with van der Waals surface area (Å²) in [6, 6.07) is 28.5. The first-order valence-electron chi connectivity index (χ1n) is 10.8. The number of cyclic esters (lactones) is 1. The summed E-state index contributed by atoms with van der Waals surface area (Å²) in [7, 11) is 0. The number of amides is 1. The van der Waals surface area contributed by atoms with Crippen molar-refractivity contribution < 1.29 is 19.1 Å². The molecule has 32 heavy (non-hydrogen) atoms. The summed E-state index contributed by atoms with van der Waals surface area (Å²) in [6.07, 6.45) is -0.325. The van der Waals surface area contributed by atoms with Crippen LogP contribution in [0.2, 0.25) is 0 Å². The Labute approximate surface area is 187 Å². The van der Waals surface area contributed by atoms with Crippen LogP contribution >= 0.6 is 0 Å². The summed E-state index contributed by atoms with van der Waals surface area (Å²) in [6.45, 7) is 1.71. The topological polar surface area (TPSA) is 59.1 Å². The van der Waals surface area contributed by atoms with Crippen molar-refractivity contribution in [3.05, 3.63) is 102 Å². The SMILES string of the molecule is O=C(CN1CCN2C(=O)OC(c3ccccc3)(c3ccccc3)C2C1)Oc1ccccc1. The summed E-state index contributed by atoms with van der Waals surface area (Å²) in [5.74, 6) is 0.207. The molecule has 5 rings (SSSR count). The van der Waals surface area contributed by atoms with Crippen molar-refractivity contribution in [3.63, 3.8) is 0 Å². The fourth-order valence-electron chi connectivity index (χ4n) is 4.69. The standard InChI is InChI=1S/C26H24N2O4/c29-24(31-22-14-8-3-9-15-22)19-27-16-17-28-23(18-27)26(32-25(28)30,20-10-4-1-5-11-20)21-12-6-2-7-13-21/h1-15,23H,16-19H2. The second-order valence-electron chi connectivity index (χ2n) is 8.07. The molecule has 1 atom stereocenters. The average Bonchev–Trinajstić information content (AvgIpc) is 3.13. The smallest absolute Gasteiger partial charge is 0.411 e. The fraction of sp³-hybridized carbons (Fsp3) is 0.231. The van der Waals surface area contributed by atoms with E-state index >= 15 is 0 Å². The number of carbonyl (C=O) groups excluding carboxylic acids is 2. The molecular weight excluding hydrogens is 404 g/mol. The van der Waals surface area contributed by atoms with Gasteiger partial charge in [-0.05, 0) is 12.1 Å². The highest BCUT2D eigenvalue weighted by molar-refractivity contribution is 5.75. The maximum absolute atomic E-state index is 12.9. The van der Waals surface area contributed by atoms with E-state index in [2.05, 4.69) is 0 Å². The number of nitrogens with zero attached hydrogens (tertiary/aromatic N) is 2. The number of fused-ring (bicyclic) bond motifs is 1. The van der Waals surface area contributed by atoms with E-state index in [4.69, 9.17) is 9.47 Å². The lowest BCUT2D eigenvalue weighted by Gasteiger charge is -2.41. The molecule has 6 heteroatoms. The van der Waals surface area contributed by atoms with Gasteiger partial charge in [-0.1, -0.05) is 78.9 Å². The largest absolute Gasteiger partial charge is 0.431 e. The Morgan fingerprint density at radius 3 is 2.03 bits per heavy atom. The van der Waals surface area contributed by atoms with Crippen molar-refractivity contribution in [1.82, 2.24) is 9.80 Å². The van der Waals surface area contributed by atoms with Crippen molar-refractivity contribution in [2.75, 3.05) is 26.2 Å². The Bertz CT molecular complexity index is 1050. The van der Waals surface area contributed by atoms with Crippen LogP contribution in [-0.4, -0.2) is 54.1 Å². The monoisotopic (exact) mass is 428 g/mol. The summed E-state index contributed by atoms with van der Waals surface area (Å²) in [5.41, 5.74) is 0.892. The molecule has 2 aliphatic rings. The van der Waals surface area contributed by atoms with Gasteiger partial charge in [-0.15, -0.1) is 0 Å². The van der Waals surface area contributed by atoms with Gasteiger partial charge in [-0.3, -0.25) is 14.6 Å². The first kappa shape index (κ1) is 20.3. The second kappa shape index (κ2) is 8.48. The zero-order valence-corrected chi connectivity index (χ0v) is 17.6. The highest BCUT2D eigenvalue weighted by Crippen LogP contribution is 2.45. The first-order valence-corrected chi connectivity index (χ1v) is 10.8. The Morgan fingerprint density at radius 2 is 1.44 bits per heavy atom. The van der Waals surface area contributed by atoms with Crippen LogP contribution in [0.15, 0.2) is 91.0 Å². The van der Waals surface area contributed by atoms with Gasteiger partial charge >= 0.3 is 12.1 Å². The van der Waals surface area contributed by atoms with Gasteiger partial charge in [0.1, 0.15) is 5.75 Å². The molecule has 0 N–H and O–H groups in total. The Morgan fingerprint density at radius 1 is 0.875 bits per heavy atom. The molecule has 2 heterocycles. The molecule has 0 aliphatic carbocycles. The molecule has 0 saturated carbocycles. The van der Waals surface area contributed by atoms with Gasteiger partial charge in [0.25, 0.3) is 0 Å². The molecule has 162 valence electrons. The third-order valence-corrected chi connectivity index (χ3v) is 6.15. The minimum atomic E-state index is -0.943. The van der Waals surface area contributed by atoms with E-state index < -0.39 is 5.60 Å². The highest BCUT2D eigenvalue weighted by atomic mass is 16.6. The van der Waals surface area contributed by atoms with Crippen molar-refractivity contribution in [3.8, 4) is 5.75 Å². The molecule has 0 bridgehead atoms. The predicted molar refractivity (Wildman–Crippen MR) is 119 cm³/mol. The molecule has 0 radical (unpaired) electrons. The third-order valence-electron chi connectivity index (χ3n) is 6.15. The lowest BCUT2D eigenvalue weighted by molar-refractivity contribution is -0.136. The Balaban J connectivity index is 1.44. The number of hydrogen-bond donors (Lipinski definition) is 0. The maximum Gasteiger partial charge on any atom is 0.411 e. The van der Waals surface area contributed by atoms with Crippen molar-refractivity contribution in [2.45, 2.75) is 11.6 Å². The van der Waals surface area contributed by atoms with E-state index in [0.717, 1.165) is 11.1 Å². The van der Waals surface area contributed by atoms with Crippen LogP contribution in [0.25, 0.3) is 0 Å². The van der Waals surface area contributed by atoms with Gasteiger partial charge in [0.15, 0.2) is 5.60 Å². The first-order chi connectivity index (χ1) is 15.7. The summed E-state index contributed by atoms with van der Waals surface area (Å²) in [5, 5.41) is 0. The van der Waals surface area contributed by atoms with Gasteiger partial charge < -0.3 is 9.47 Å². The minimum absolute atomic E-state index is 0.146. The number of carbonyl (C=O) groups is 2. The van der Waals surface area contributed by atoms with Crippen LogP contribution < -0.4 is 4.74 Å². The molecule has 3 aromatic carbocycles. The van der Waals surface area contributed by atoms with E-state index in [9.17, 15) is 9.59 Å². The summed E-state index contributed by atoms with van der Waals surface area (Å²) in [4.78, 5) is 29.3. The molecule has 0 aromatic heterocycles. The van der Waals surface area contributed by atoms with E-state index in [1.807, 2.05) is 83.8 Å². The predicted octanol–water partition coefficient (Wildman–Crippen LogP) is 3.67. The van der Waals surface area contributed by atoms with E-state index in [0.29, 0.717) is 25.4 Å². The number of benzene rings is 3. The molecule has 0 spiro atoms. The van der Waals surface area contributed by atoms with Crippen molar-refractivity contribution in [2.24, 2.45) is 0 Å². The molecular formula is C26H24N2O4. The summed E-state index contributed by atoms with van der Waals surface area (Å²) >= 11 is 0. The van der Waals surface area contributed by atoms with E-state index in [1.165, 1.54) is 0 Å². The van der Waals surface area contributed by atoms with Crippen LogP contribution in [0.5, 0.6) is 5.75 Å². The van der Waals surface area contributed by atoms with E-state index in [-0.39, 0.29) is 24.6 Å². The number of hydrogen-bond acceptors (Lipinski definition) is 5. The van der Waals surface area contributed by atoms with Crippen LogP contribution in [-0.2, 0) is 15.1 Å². The fourth-order valence-corrected chi connectivity index (χ4v) is 4.69. The normalized spacial score (nSPS) is 19.8. The lowest BCUT2D eigenvalue weighted by atomic mass is 9.79. The highest BCUT2D eigenvalue weighted by Gasteiger charge is 2.57. The second-order valence-corrected chi connectivity index (χ2v) is 8.07. The zero-order valence-electron chi connectivity index (χ0n) is 17.6. The van der Waals surface area contributed by atoms with E-state index in [1.54, 1.807) is 17.0 Å². The Kier molecular flexibility index (Phi) is 5.37. The van der Waals surface area contributed by atoms with Gasteiger partial charge in [0.2, 0.25) is 0 Å². The van der Waals surface area contributed by atoms with Crippen molar-refractivity contribution >= 4 is 12.1 Å². The minimum Gasteiger partial charge on any atom is -0.431 e. The lowest BCUT2D eigenvalue weighted by Crippen LogP contribution is -2.58. The zero-order chi connectivity index (χ0) is 22.0. The van der Waals surface area contributed by atoms with Crippen molar-refractivity contribution in [1.29, 1.82) is 0 Å². The molecule has 2 saturated heterocycles. The third kappa shape index (κ3) is 3.63. The van der Waals surface area contributed by atoms with Crippen LogP contribution in [0, 0.1) is 0 Å². The molecule has 6 nitrogen and oxygen atoms in total. The number of esters is 1. The van der Waals surface area contributed by atoms with Gasteiger partial charge in [-0.25, -0.2) is 4.79 Å². The molecule has 1 unspecified atom stereocenters. The molecule has 1 amide bonds. The summed E-state index contributed by atoms with van der Waals surface area (Å²) < 4.78 is 11.6. The quantitative estimate of drug-likeness (QED) is 0.458. The molecule has 2 aliphatic heterocycles. The number of rotatable bonds is 5. The van der Waals surface area contributed by atoms with Gasteiger partial charge in [-0.2, -0.15) is 0 Å². The molecule has 2 fully saturated rings. The Hall–Kier alpha value is -3.64. The molecule has 3 aromatic rings. The number of piperazine rings is 1. The van der Waals surface area contributed by atoms with Gasteiger partial charge in [0, 0.05) is 30.8 Å². The number of ether oxygens (including phenoxy) is 2. The van der Waals surface area contributed by atoms with Gasteiger partial charge in [0.05, 0.1) is 12.6 Å².